The average molecular weight is 215 g/mol. The molecule has 1 fully saturated rings. The minimum absolute atomic E-state index is 0.207. The molecule has 0 radical (unpaired) electrons. The van der Waals surface area contributed by atoms with E-state index in [0.717, 1.165) is 19.4 Å². The van der Waals surface area contributed by atoms with E-state index in [9.17, 15) is 4.79 Å². The number of ether oxygens (including phenoxy) is 1. The Labute approximate surface area is 91.2 Å². The Morgan fingerprint density at radius 1 is 1.60 bits per heavy atom. The van der Waals surface area contributed by atoms with Crippen molar-refractivity contribution in [3.8, 4) is 0 Å². The maximum absolute atomic E-state index is 10.9. The second-order valence-corrected chi connectivity index (χ2v) is 4.35. The van der Waals surface area contributed by atoms with Crippen molar-refractivity contribution in [3.63, 3.8) is 0 Å². The SMILES string of the molecule is CCC(C(=O)O)N(C)CC1CCC(C)O1. The van der Waals surface area contributed by atoms with Gasteiger partial charge < -0.3 is 9.84 Å². The van der Waals surface area contributed by atoms with Crippen LogP contribution >= 0.6 is 0 Å². The van der Waals surface area contributed by atoms with Crippen LogP contribution in [-0.2, 0) is 9.53 Å². The van der Waals surface area contributed by atoms with Gasteiger partial charge in [-0.25, -0.2) is 0 Å². The van der Waals surface area contributed by atoms with Crippen LogP contribution in [0.25, 0.3) is 0 Å². The van der Waals surface area contributed by atoms with Crippen molar-refractivity contribution in [1.82, 2.24) is 4.90 Å². The number of carbonyl (C=O) groups is 1. The van der Waals surface area contributed by atoms with Gasteiger partial charge in [0.05, 0.1) is 12.2 Å². The highest BCUT2D eigenvalue weighted by Gasteiger charge is 2.27. The number of nitrogens with zero attached hydrogens (tertiary/aromatic N) is 1. The molecule has 1 aliphatic heterocycles. The number of carboxylic acid groups (broad SMARTS) is 1. The molecular weight excluding hydrogens is 194 g/mol. The zero-order chi connectivity index (χ0) is 11.4. The molecule has 3 atom stereocenters. The summed E-state index contributed by atoms with van der Waals surface area (Å²) in [7, 11) is 1.86. The summed E-state index contributed by atoms with van der Waals surface area (Å²) in [4.78, 5) is 12.8. The first-order valence-electron chi connectivity index (χ1n) is 5.63. The first-order chi connectivity index (χ1) is 7.04. The molecule has 0 bridgehead atoms. The molecule has 0 aromatic rings. The first-order valence-corrected chi connectivity index (χ1v) is 5.63. The van der Waals surface area contributed by atoms with Crippen LogP contribution in [0.1, 0.15) is 33.1 Å². The average Bonchev–Trinajstić information content (AvgIpc) is 2.51. The minimum atomic E-state index is -0.744. The molecule has 3 unspecified atom stereocenters. The van der Waals surface area contributed by atoms with E-state index < -0.39 is 5.97 Å². The summed E-state index contributed by atoms with van der Waals surface area (Å²) >= 11 is 0. The van der Waals surface area contributed by atoms with Gasteiger partial charge in [0.1, 0.15) is 6.04 Å². The van der Waals surface area contributed by atoms with Crippen molar-refractivity contribution in [3.05, 3.63) is 0 Å². The predicted molar refractivity (Wildman–Crippen MR) is 57.9 cm³/mol. The van der Waals surface area contributed by atoms with Gasteiger partial charge in [0.25, 0.3) is 0 Å². The van der Waals surface area contributed by atoms with Crippen LogP contribution in [0, 0.1) is 0 Å². The zero-order valence-corrected chi connectivity index (χ0v) is 9.77. The monoisotopic (exact) mass is 215 g/mol. The molecule has 1 heterocycles. The lowest BCUT2D eigenvalue weighted by molar-refractivity contribution is -0.143. The van der Waals surface area contributed by atoms with Crippen LogP contribution in [0.4, 0.5) is 0 Å². The van der Waals surface area contributed by atoms with Crippen molar-refractivity contribution in [2.45, 2.75) is 51.4 Å². The van der Waals surface area contributed by atoms with Gasteiger partial charge >= 0.3 is 5.97 Å². The Hall–Kier alpha value is -0.610. The Morgan fingerprint density at radius 3 is 2.67 bits per heavy atom. The summed E-state index contributed by atoms with van der Waals surface area (Å²) in [5.74, 6) is -0.744. The van der Waals surface area contributed by atoms with Gasteiger partial charge in [0.2, 0.25) is 0 Å². The highest BCUT2D eigenvalue weighted by Crippen LogP contribution is 2.20. The Balaban J connectivity index is 2.40. The van der Waals surface area contributed by atoms with Gasteiger partial charge in [-0.2, -0.15) is 0 Å². The number of carboxylic acids is 1. The summed E-state index contributed by atoms with van der Waals surface area (Å²) in [5.41, 5.74) is 0. The third kappa shape index (κ3) is 3.47. The van der Waals surface area contributed by atoms with E-state index in [2.05, 4.69) is 6.92 Å². The lowest BCUT2D eigenvalue weighted by Crippen LogP contribution is -2.42. The fourth-order valence-corrected chi connectivity index (χ4v) is 2.14. The van der Waals surface area contributed by atoms with Crippen molar-refractivity contribution >= 4 is 5.97 Å². The predicted octanol–water partition coefficient (Wildman–Crippen LogP) is 1.35. The molecule has 4 nitrogen and oxygen atoms in total. The largest absolute Gasteiger partial charge is 0.480 e. The molecule has 0 spiro atoms. The molecule has 1 aliphatic rings. The highest BCUT2D eigenvalue weighted by molar-refractivity contribution is 5.73. The fraction of sp³-hybridized carbons (Fsp3) is 0.909. The van der Waals surface area contributed by atoms with Crippen LogP contribution in [0.2, 0.25) is 0 Å². The normalized spacial score (nSPS) is 28.3. The number of hydrogen-bond donors (Lipinski definition) is 1. The zero-order valence-electron chi connectivity index (χ0n) is 9.77. The van der Waals surface area contributed by atoms with E-state index in [0.29, 0.717) is 12.5 Å². The van der Waals surface area contributed by atoms with Crippen molar-refractivity contribution in [1.29, 1.82) is 0 Å². The smallest absolute Gasteiger partial charge is 0.320 e. The van der Waals surface area contributed by atoms with E-state index >= 15 is 0 Å². The fourth-order valence-electron chi connectivity index (χ4n) is 2.14. The number of likely N-dealkylation sites (N-methyl/N-ethyl adjacent to an activating group) is 1. The van der Waals surface area contributed by atoms with E-state index in [1.165, 1.54) is 0 Å². The summed E-state index contributed by atoms with van der Waals surface area (Å²) in [6, 6.07) is -0.385. The molecule has 4 heteroatoms. The van der Waals surface area contributed by atoms with Gasteiger partial charge in [0, 0.05) is 6.54 Å². The standard InChI is InChI=1S/C11H21NO3/c1-4-10(11(13)14)12(3)7-9-6-5-8(2)15-9/h8-10H,4-7H2,1-3H3,(H,13,14). The second-order valence-electron chi connectivity index (χ2n) is 4.35. The van der Waals surface area contributed by atoms with E-state index in [1.54, 1.807) is 0 Å². The topological polar surface area (TPSA) is 49.8 Å². The van der Waals surface area contributed by atoms with Crippen LogP contribution in [0.3, 0.4) is 0 Å². The second kappa shape index (κ2) is 5.47. The summed E-state index contributed by atoms with van der Waals surface area (Å²) in [6.45, 7) is 4.68. The van der Waals surface area contributed by atoms with Crippen molar-refractivity contribution in [2.24, 2.45) is 0 Å². The number of aliphatic carboxylic acids is 1. The molecular formula is C11H21NO3. The van der Waals surface area contributed by atoms with Gasteiger partial charge in [-0.1, -0.05) is 6.92 Å². The van der Waals surface area contributed by atoms with E-state index in [-0.39, 0.29) is 12.1 Å². The van der Waals surface area contributed by atoms with Crippen LogP contribution in [0.5, 0.6) is 0 Å². The molecule has 0 aliphatic carbocycles. The van der Waals surface area contributed by atoms with Crippen LogP contribution in [-0.4, -0.2) is 47.8 Å². The molecule has 1 saturated heterocycles. The molecule has 0 aromatic carbocycles. The highest BCUT2D eigenvalue weighted by atomic mass is 16.5. The van der Waals surface area contributed by atoms with E-state index in [1.807, 2.05) is 18.9 Å². The lowest BCUT2D eigenvalue weighted by Gasteiger charge is -2.26. The van der Waals surface area contributed by atoms with Gasteiger partial charge in [-0.3, -0.25) is 9.69 Å². The molecule has 0 aromatic heterocycles. The van der Waals surface area contributed by atoms with Gasteiger partial charge in [-0.15, -0.1) is 0 Å². The quantitative estimate of drug-likeness (QED) is 0.752. The maximum atomic E-state index is 10.9. The van der Waals surface area contributed by atoms with Crippen molar-refractivity contribution < 1.29 is 14.6 Å². The molecule has 0 saturated carbocycles. The van der Waals surface area contributed by atoms with Crippen LogP contribution < -0.4 is 0 Å². The molecule has 1 rings (SSSR count). The van der Waals surface area contributed by atoms with E-state index in [4.69, 9.17) is 9.84 Å². The number of rotatable bonds is 5. The van der Waals surface area contributed by atoms with Crippen LogP contribution in [0.15, 0.2) is 0 Å². The molecule has 1 N–H and O–H groups in total. The molecule has 0 amide bonds. The van der Waals surface area contributed by atoms with Gasteiger partial charge in [-0.05, 0) is 33.2 Å². The lowest BCUT2D eigenvalue weighted by atomic mass is 10.1. The summed E-state index contributed by atoms with van der Waals surface area (Å²) in [6.07, 6.45) is 3.30. The third-order valence-electron chi connectivity index (χ3n) is 3.02. The third-order valence-corrected chi connectivity index (χ3v) is 3.02. The Bertz CT molecular complexity index is 220. The Kier molecular flexibility index (Phi) is 4.54. The molecule has 88 valence electrons. The summed E-state index contributed by atoms with van der Waals surface area (Å²) < 4.78 is 5.67. The molecule has 15 heavy (non-hydrogen) atoms. The Morgan fingerprint density at radius 2 is 2.27 bits per heavy atom. The maximum Gasteiger partial charge on any atom is 0.320 e. The van der Waals surface area contributed by atoms with Crippen molar-refractivity contribution in [2.75, 3.05) is 13.6 Å². The number of hydrogen-bond acceptors (Lipinski definition) is 3. The van der Waals surface area contributed by atoms with Gasteiger partial charge in [0.15, 0.2) is 0 Å². The minimum Gasteiger partial charge on any atom is -0.480 e. The first kappa shape index (κ1) is 12.5. The summed E-state index contributed by atoms with van der Waals surface area (Å²) in [5, 5.41) is 8.99.